The molecule has 0 saturated heterocycles. The fourth-order valence-electron chi connectivity index (χ4n) is 1.16. The summed E-state index contributed by atoms with van der Waals surface area (Å²) < 4.78 is 12.8. The summed E-state index contributed by atoms with van der Waals surface area (Å²) in [6, 6.07) is 0. The number of hydrogen-bond acceptors (Lipinski definition) is 4. The second kappa shape index (κ2) is 5.97. The summed E-state index contributed by atoms with van der Waals surface area (Å²) in [4.78, 5) is 0. The smallest absolute Gasteiger partial charge is 0.0964 e. The Kier molecular flexibility index (Phi) is 4.90. The van der Waals surface area contributed by atoms with Gasteiger partial charge in [-0.1, -0.05) is 12.1 Å². The Labute approximate surface area is 92.7 Å². The Morgan fingerprint density at radius 3 is 2.93 bits per heavy atom. The van der Waals surface area contributed by atoms with Crippen molar-refractivity contribution < 1.29 is 4.21 Å². The molecule has 0 fully saturated rings. The number of rotatable bonds is 6. The van der Waals surface area contributed by atoms with Crippen molar-refractivity contribution in [1.82, 2.24) is 20.3 Å². The Balaban J connectivity index is 2.14. The van der Waals surface area contributed by atoms with Crippen molar-refractivity contribution in [3.05, 3.63) is 11.9 Å². The van der Waals surface area contributed by atoms with Gasteiger partial charge in [0.05, 0.1) is 5.69 Å². The van der Waals surface area contributed by atoms with Crippen LogP contribution in [0, 0.1) is 0 Å². The fourth-order valence-corrected chi connectivity index (χ4v) is 1.61. The minimum Gasteiger partial charge on any atom is -0.311 e. The molecule has 0 amide bonds. The first kappa shape index (κ1) is 12.3. The molecular weight excluding hydrogens is 212 g/mol. The Morgan fingerprint density at radius 1 is 1.67 bits per heavy atom. The van der Waals surface area contributed by atoms with Gasteiger partial charge in [-0.25, -0.2) is 0 Å². The molecular formula is C9H18N4OS. The number of aryl methyl sites for hydroxylation is 1. The minimum absolute atomic E-state index is 0.249. The van der Waals surface area contributed by atoms with Crippen LogP contribution in [-0.2, 0) is 24.4 Å². The van der Waals surface area contributed by atoms with Crippen LogP contribution in [0.1, 0.15) is 19.0 Å². The van der Waals surface area contributed by atoms with Gasteiger partial charge in [-0.2, -0.15) is 0 Å². The predicted octanol–water partition coefficient (Wildman–Crippen LogP) is 0.0618. The van der Waals surface area contributed by atoms with E-state index in [1.54, 1.807) is 10.9 Å². The van der Waals surface area contributed by atoms with Gasteiger partial charge in [0.25, 0.3) is 0 Å². The van der Waals surface area contributed by atoms with E-state index >= 15 is 0 Å². The molecule has 0 aromatic carbocycles. The summed E-state index contributed by atoms with van der Waals surface area (Å²) in [5.41, 5.74) is 0.933. The van der Waals surface area contributed by atoms with E-state index in [0.29, 0.717) is 0 Å². The molecule has 0 aliphatic carbocycles. The van der Waals surface area contributed by atoms with Gasteiger partial charge in [0.15, 0.2) is 0 Å². The lowest BCUT2D eigenvalue weighted by Crippen LogP contribution is -2.21. The third-order valence-electron chi connectivity index (χ3n) is 2.25. The van der Waals surface area contributed by atoms with Crippen LogP contribution in [0.15, 0.2) is 6.20 Å². The van der Waals surface area contributed by atoms with Crippen LogP contribution in [0.25, 0.3) is 0 Å². The van der Waals surface area contributed by atoms with Gasteiger partial charge in [-0.05, 0) is 13.0 Å². The predicted molar refractivity (Wildman–Crippen MR) is 60.9 cm³/mol. The Morgan fingerprint density at radius 2 is 2.40 bits per heavy atom. The largest absolute Gasteiger partial charge is 0.311 e. The van der Waals surface area contributed by atoms with Crippen molar-refractivity contribution in [3.63, 3.8) is 0 Å². The highest BCUT2D eigenvalue weighted by molar-refractivity contribution is 7.84. The van der Waals surface area contributed by atoms with Crippen molar-refractivity contribution in [2.45, 2.75) is 25.1 Å². The van der Waals surface area contributed by atoms with Crippen LogP contribution in [0.5, 0.6) is 0 Å². The SMILES string of the molecule is CC(CCNCc1cn(C)nn1)S(C)=O. The van der Waals surface area contributed by atoms with Gasteiger partial charge < -0.3 is 5.32 Å². The highest BCUT2D eigenvalue weighted by Crippen LogP contribution is 1.98. The van der Waals surface area contributed by atoms with E-state index in [1.165, 1.54) is 0 Å². The molecule has 0 radical (unpaired) electrons. The van der Waals surface area contributed by atoms with Crippen LogP contribution >= 0.6 is 0 Å². The van der Waals surface area contributed by atoms with Crippen LogP contribution < -0.4 is 5.32 Å². The minimum atomic E-state index is -0.726. The molecule has 1 heterocycles. The molecule has 0 saturated carbocycles. The molecule has 0 spiro atoms. The highest BCUT2D eigenvalue weighted by atomic mass is 32.2. The normalized spacial score (nSPS) is 15.1. The first-order chi connectivity index (χ1) is 7.09. The van der Waals surface area contributed by atoms with E-state index in [1.807, 2.05) is 20.2 Å². The average Bonchev–Trinajstić information content (AvgIpc) is 2.58. The zero-order chi connectivity index (χ0) is 11.3. The van der Waals surface area contributed by atoms with Crippen molar-refractivity contribution in [3.8, 4) is 0 Å². The van der Waals surface area contributed by atoms with E-state index in [9.17, 15) is 4.21 Å². The lowest BCUT2D eigenvalue weighted by atomic mass is 10.3. The van der Waals surface area contributed by atoms with Crippen LogP contribution in [0.2, 0.25) is 0 Å². The van der Waals surface area contributed by atoms with Crippen LogP contribution in [0.3, 0.4) is 0 Å². The van der Waals surface area contributed by atoms with Crippen molar-refractivity contribution >= 4 is 10.8 Å². The summed E-state index contributed by atoms with van der Waals surface area (Å²) >= 11 is 0. The topological polar surface area (TPSA) is 59.8 Å². The third-order valence-corrected chi connectivity index (χ3v) is 3.62. The maximum absolute atomic E-state index is 11.1. The molecule has 0 bridgehead atoms. The second-order valence-electron chi connectivity index (χ2n) is 3.66. The maximum Gasteiger partial charge on any atom is 0.0964 e. The zero-order valence-corrected chi connectivity index (χ0v) is 10.3. The molecule has 1 rings (SSSR count). The van der Waals surface area contributed by atoms with E-state index in [4.69, 9.17) is 0 Å². The number of nitrogens with one attached hydrogen (secondary N) is 1. The maximum atomic E-state index is 11.1. The van der Waals surface area contributed by atoms with Crippen LogP contribution in [0.4, 0.5) is 0 Å². The standard InChI is InChI=1S/C9H18N4OS/c1-8(15(3)14)4-5-10-6-9-7-13(2)12-11-9/h7-8,10H,4-6H2,1-3H3. The highest BCUT2D eigenvalue weighted by Gasteiger charge is 2.05. The molecule has 1 N–H and O–H groups in total. The lowest BCUT2D eigenvalue weighted by Gasteiger charge is -2.07. The Bertz CT molecular complexity index is 326. The fraction of sp³-hybridized carbons (Fsp3) is 0.778. The lowest BCUT2D eigenvalue weighted by molar-refractivity contribution is 0.622. The number of nitrogens with zero attached hydrogens (tertiary/aromatic N) is 3. The molecule has 5 nitrogen and oxygen atoms in total. The molecule has 2 unspecified atom stereocenters. The molecule has 1 aromatic heterocycles. The van der Waals surface area contributed by atoms with Crippen molar-refractivity contribution in [2.75, 3.05) is 12.8 Å². The van der Waals surface area contributed by atoms with Gasteiger partial charge >= 0.3 is 0 Å². The molecule has 1 aromatic rings. The summed E-state index contributed by atoms with van der Waals surface area (Å²) in [7, 11) is 1.12. The number of aromatic nitrogens is 3. The molecule has 2 atom stereocenters. The summed E-state index contributed by atoms with van der Waals surface area (Å²) in [6.07, 6.45) is 4.55. The Hall–Kier alpha value is -0.750. The van der Waals surface area contributed by atoms with Gasteiger partial charge in [-0.3, -0.25) is 8.89 Å². The van der Waals surface area contributed by atoms with Gasteiger partial charge in [0.1, 0.15) is 0 Å². The first-order valence-electron chi connectivity index (χ1n) is 4.97. The van der Waals surface area contributed by atoms with Crippen molar-refractivity contribution in [1.29, 1.82) is 0 Å². The van der Waals surface area contributed by atoms with Gasteiger partial charge in [-0.15, -0.1) is 5.10 Å². The summed E-state index contributed by atoms with van der Waals surface area (Å²) in [5.74, 6) is 0. The first-order valence-corrected chi connectivity index (χ1v) is 6.60. The monoisotopic (exact) mass is 230 g/mol. The third kappa shape index (κ3) is 4.53. The van der Waals surface area contributed by atoms with Crippen molar-refractivity contribution in [2.24, 2.45) is 7.05 Å². The molecule has 15 heavy (non-hydrogen) atoms. The van der Waals surface area contributed by atoms with E-state index in [0.717, 1.165) is 25.2 Å². The molecule has 86 valence electrons. The van der Waals surface area contributed by atoms with Gasteiger partial charge in [0, 0.05) is 42.1 Å². The van der Waals surface area contributed by atoms with E-state index < -0.39 is 10.8 Å². The second-order valence-corrected chi connectivity index (χ2v) is 5.46. The summed E-state index contributed by atoms with van der Waals surface area (Å²) in [5, 5.41) is 11.3. The van der Waals surface area contributed by atoms with Crippen LogP contribution in [-0.4, -0.2) is 37.3 Å². The summed E-state index contributed by atoms with van der Waals surface area (Å²) in [6.45, 7) is 3.58. The molecule has 6 heteroatoms. The zero-order valence-electron chi connectivity index (χ0n) is 9.43. The van der Waals surface area contributed by atoms with Gasteiger partial charge in [0.2, 0.25) is 0 Å². The quantitative estimate of drug-likeness (QED) is 0.702. The molecule has 0 aliphatic heterocycles. The number of hydrogen-bond donors (Lipinski definition) is 1. The van der Waals surface area contributed by atoms with E-state index in [2.05, 4.69) is 15.6 Å². The molecule has 0 aliphatic rings. The average molecular weight is 230 g/mol. The van der Waals surface area contributed by atoms with E-state index in [-0.39, 0.29) is 5.25 Å².